The van der Waals surface area contributed by atoms with Crippen LogP contribution in [0.15, 0.2) is 22.9 Å². The van der Waals surface area contributed by atoms with Gasteiger partial charge in [0.25, 0.3) is 0 Å². The highest BCUT2D eigenvalue weighted by Crippen LogP contribution is 2.27. The molecule has 0 aliphatic heterocycles. The largest absolute Gasteiger partial charge is 0.376 e. The van der Waals surface area contributed by atoms with E-state index in [1.54, 1.807) is 0 Å². The summed E-state index contributed by atoms with van der Waals surface area (Å²) >= 11 is 0. The van der Waals surface area contributed by atoms with E-state index in [0.29, 0.717) is 23.4 Å². The second-order valence-corrected chi connectivity index (χ2v) is 7.33. The lowest BCUT2D eigenvalue weighted by Crippen LogP contribution is -2.42. The van der Waals surface area contributed by atoms with Crippen molar-refractivity contribution >= 4 is 11.6 Å². The van der Waals surface area contributed by atoms with Crippen LogP contribution in [0.3, 0.4) is 0 Å². The first-order valence-electron chi connectivity index (χ1n) is 7.63. The monoisotopic (exact) mass is 293 g/mol. The van der Waals surface area contributed by atoms with Gasteiger partial charge in [0.05, 0.1) is 39.9 Å². The van der Waals surface area contributed by atoms with E-state index in [-0.39, 0.29) is 23.4 Å². The molecule has 0 atom stereocenters. The van der Waals surface area contributed by atoms with Gasteiger partial charge in [-0.3, -0.25) is 9.59 Å². The van der Waals surface area contributed by atoms with Gasteiger partial charge in [-0.25, -0.2) is 0 Å². The minimum absolute atomic E-state index is 0.0207. The van der Waals surface area contributed by atoms with E-state index in [9.17, 15) is 9.59 Å². The van der Waals surface area contributed by atoms with Crippen molar-refractivity contribution in [1.29, 1.82) is 0 Å². The summed E-state index contributed by atoms with van der Waals surface area (Å²) in [5, 5.41) is 3.20. The highest BCUT2D eigenvalue weighted by Gasteiger charge is 2.31. The Hall–Kier alpha value is -1.42. The van der Waals surface area contributed by atoms with Crippen LogP contribution in [-0.4, -0.2) is 50.3 Å². The molecule has 0 aromatic carbocycles. The van der Waals surface area contributed by atoms with Crippen LogP contribution in [0.5, 0.6) is 0 Å². The standard InChI is InChI=1S/C17H28N2O2/c1-11(2)13-10-14(20)16(15(12(3)4)17(13)21)18-8-9-19(5,6)7/h10-12H,8-9H2,1-7H3/p+1. The summed E-state index contributed by atoms with van der Waals surface area (Å²) in [4.78, 5) is 25.0. The maximum Gasteiger partial charge on any atom is 0.202 e. The Morgan fingerprint density at radius 3 is 2.05 bits per heavy atom. The van der Waals surface area contributed by atoms with Gasteiger partial charge in [-0.2, -0.15) is 0 Å². The second kappa shape index (κ2) is 6.56. The van der Waals surface area contributed by atoms with Crippen LogP contribution in [0.1, 0.15) is 27.7 Å². The lowest BCUT2D eigenvalue weighted by molar-refractivity contribution is -0.869. The first-order chi connectivity index (χ1) is 9.54. The molecule has 21 heavy (non-hydrogen) atoms. The summed E-state index contributed by atoms with van der Waals surface area (Å²) in [5.74, 6) is 0.0641. The third-order valence-corrected chi connectivity index (χ3v) is 3.59. The number of carbonyl (C=O) groups is 2. The Balaban J connectivity index is 3.02. The van der Waals surface area contributed by atoms with E-state index in [1.807, 2.05) is 27.7 Å². The molecule has 4 heteroatoms. The van der Waals surface area contributed by atoms with Crippen molar-refractivity contribution in [2.45, 2.75) is 27.7 Å². The van der Waals surface area contributed by atoms with Crippen LogP contribution < -0.4 is 5.32 Å². The minimum atomic E-state index is -0.0663. The molecule has 1 aliphatic carbocycles. The summed E-state index contributed by atoms with van der Waals surface area (Å²) in [5.41, 5.74) is 1.75. The zero-order chi connectivity index (χ0) is 16.4. The number of nitrogens with zero attached hydrogens (tertiary/aromatic N) is 1. The van der Waals surface area contributed by atoms with E-state index < -0.39 is 0 Å². The van der Waals surface area contributed by atoms with E-state index in [2.05, 4.69) is 26.5 Å². The van der Waals surface area contributed by atoms with Gasteiger partial charge in [0.2, 0.25) is 5.78 Å². The van der Waals surface area contributed by atoms with Crippen molar-refractivity contribution in [1.82, 2.24) is 5.32 Å². The molecule has 0 saturated heterocycles. The number of hydrogen-bond donors (Lipinski definition) is 1. The van der Waals surface area contributed by atoms with E-state index in [4.69, 9.17) is 0 Å². The number of ketones is 2. The molecule has 0 aromatic rings. The van der Waals surface area contributed by atoms with Crippen molar-refractivity contribution in [2.75, 3.05) is 34.2 Å². The third kappa shape index (κ3) is 4.53. The quantitative estimate of drug-likeness (QED) is 0.601. The zero-order valence-electron chi connectivity index (χ0n) is 14.4. The summed E-state index contributed by atoms with van der Waals surface area (Å²) in [6.07, 6.45) is 1.51. The first-order valence-corrected chi connectivity index (χ1v) is 7.63. The number of quaternary nitrogens is 1. The number of nitrogens with one attached hydrogen (secondary N) is 1. The van der Waals surface area contributed by atoms with Crippen molar-refractivity contribution in [3.05, 3.63) is 22.9 Å². The fourth-order valence-corrected chi connectivity index (χ4v) is 2.36. The average Bonchev–Trinajstić information content (AvgIpc) is 2.30. The van der Waals surface area contributed by atoms with Crippen LogP contribution >= 0.6 is 0 Å². The van der Waals surface area contributed by atoms with Gasteiger partial charge >= 0.3 is 0 Å². The number of carbonyl (C=O) groups excluding carboxylic acids is 2. The van der Waals surface area contributed by atoms with E-state index in [0.717, 1.165) is 11.0 Å². The number of allylic oxidation sites excluding steroid dienone is 3. The topological polar surface area (TPSA) is 46.2 Å². The molecule has 0 aromatic heterocycles. The minimum Gasteiger partial charge on any atom is -0.376 e. The molecule has 0 heterocycles. The molecule has 1 aliphatic rings. The summed E-state index contributed by atoms with van der Waals surface area (Å²) < 4.78 is 0.812. The van der Waals surface area contributed by atoms with Crippen molar-refractivity contribution < 1.29 is 14.1 Å². The molecular formula is C17H29N2O2+. The second-order valence-electron chi connectivity index (χ2n) is 7.33. The van der Waals surface area contributed by atoms with Crippen LogP contribution in [0, 0.1) is 11.8 Å². The van der Waals surface area contributed by atoms with Crippen molar-refractivity contribution in [3.8, 4) is 0 Å². The van der Waals surface area contributed by atoms with Crippen LogP contribution in [0.25, 0.3) is 0 Å². The molecule has 0 amide bonds. The molecule has 4 nitrogen and oxygen atoms in total. The fraction of sp³-hybridized carbons (Fsp3) is 0.647. The van der Waals surface area contributed by atoms with Gasteiger partial charge in [-0.15, -0.1) is 0 Å². The molecule has 0 unspecified atom stereocenters. The van der Waals surface area contributed by atoms with E-state index >= 15 is 0 Å². The number of likely N-dealkylation sites (N-methyl/N-ethyl adjacent to an activating group) is 1. The number of Topliss-reactive ketones (excluding diaryl/α,β-unsaturated/α-hetero) is 1. The summed E-state index contributed by atoms with van der Waals surface area (Å²) in [6, 6.07) is 0. The molecule has 0 fully saturated rings. The Morgan fingerprint density at radius 2 is 1.62 bits per heavy atom. The molecule has 118 valence electrons. The highest BCUT2D eigenvalue weighted by molar-refractivity contribution is 6.22. The Labute approximate surface area is 128 Å². The van der Waals surface area contributed by atoms with Crippen molar-refractivity contribution in [2.24, 2.45) is 11.8 Å². The van der Waals surface area contributed by atoms with Crippen LogP contribution in [-0.2, 0) is 9.59 Å². The molecule has 0 spiro atoms. The zero-order valence-corrected chi connectivity index (χ0v) is 14.4. The first kappa shape index (κ1) is 17.6. The predicted molar refractivity (Wildman–Crippen MR) is 85.7 cm³/mol. The predicted octanol–water partition coefficient (Wildman–Crippen LogP) is 1.93. The van der Waals surface area contributed by atoms with Crippen molar-refractivity contribution in [3.63, 3.8) is 0 Å². The molecule has 1 rings (SSSR count). The van der Waals surface area contributed by atoms with Gasteiger partial charge in [0.1, 0.15) is 0 Å². The molecule has 0 saturated carbocycles. The SMILES string of the molecule is CC(C)C1=CC(=O)C(NCC[N+](C)(C)C)=C(C(C)C)C1=O. The molecular weight excluding hydrogens is 264 g/mol. The number of hydrogen-bond acceptors (Lipinski definition) is 3. The molecule has 0 bridgehead atoms. The Bertz CT molecular complexity index is 491. The maximum absolute atomic E-state index is 12.6. The van der Waals surface area contributed by atoms with Gasteiger partial charge in [-0.05, 0) is 17.9 Å². The summed E-state index contributed by atoms with van der Waals surface area (Å²) in [7, 11) is 6.30. The van der Waals surface area contributed by atoms with Gasteiger partial charge < -0.3 is 9.80 Å². The Morgan fingerprint density at radius 1 is 1.05 bits per heavy atom. The van der Waals surface area contributed by atoms with E-state index in [1.165, 1.54) is 6.08 Å². The normalized spacial score (nSPS) is 16.9. The Kier molecular flexibility index (Phi) is 5.51. The molecule has 0 radical (unpaired) electrons. The van der Waals surface area contributed by atoms with Gasteiger partial charge in [0, 0.05) is 11.1 Å². The number of rotatable bonds is 6. The third-order valence-electron chi connectivity index (χ3n) is 3.59. The van der Waals surface area contributed by atoms with Gasteiger partial charge in [0.15, 0.2) is 5.78 Å². The maximum atomic E-state index is 12.6. The lowest BCUT2D eigenvalue weighted by Gasteiger charge is -2.27. The lowest BCUT2D eigenvalue weighted by atomic mass is 9.82. The highest BCUT2D eigenvalue weighted by atomic mass is 16.1. The van der Waals surface area contributed by atoms with Crippen LogP contribution in [0.4, 0.5) is 0 Å². The average molecular weight is 293 g/mol. The van der Waals surface area contributed by atoms with Gasteiger partial charge in [-0.1, -0.05) is 27.7 Å². The fourth-order valence-electron chi connectivity index (χ4n) is 2.36. The smallest absolute Gasteiger partial charge is 0.202 e. The summed E-state index contributed by atoms with van der Waals surface area (Å²) in [6.45, 7) is 9.39. The van der Waals surface area contributed by atoms with Crippen LogP contribution in [0.2, 0.25) is 0 Å². The molecule has 1 N–H and O–H groups in total.